The third-order valence-corrected chi connectivity index (χ3v) is 7.67. The van der Waals surface area contributed by atoms with Gasteiger partial charge in [-0.3, -0.25) is 0 Å². The molecule has 0 spiro atoms. The summed E-state index contributed by atoms with van der Waals surface area (Å²) in [5.41, 5.74) is 9.19. The van der Waals surface area contributed by atoms with Gasteiger partial charge in [0.05, 0.1) is 22.1 Å². The van der Waals surface area contributed by atoms with Gasteiger partial charge in [-0.1, -0.05) is 104 Å². The number of benzene rings is 5. The molecule has 0 fully saturated rings. The summed E-state index contributed by atoms with van der Waals surface area (Å²) in [5.74, 6) is 0. The Bertz CT molecular complexity index is 1970. The summed E-state index contributed by atoms with van der Waals surface area (Å²) in [4.78, 5) is 0. The molecule has 186 valence electrons. The van der Waals surface area contributed by atoms with E-state index in [4.69, 9.17) is 0 Å². The molecule has 5 aromatic carbocycles. The van der Waals surface area contributed by atoms with Crippen LogP contribution in [0.5, 0.6) is 0 Å². The second-order valence-electron chi connectivity index (χ2n) is 9.86. The van der Waals surface area contributed by atoms with Gasteiger partial charge in [0.25, 0.3) is 0 Å². The van der Waals surface area contributed by atoms with Gasteiger partial charge >= 0.3 is 0 Å². The Morgan fingerprint density at radius 2 is 0.974 bits per heavy atom. The first-order valence-corrected chi connectivity index (χ1v) is 13.4. The first-order chi connectivity index (χ1) is 19.2. The number of nitrogens with zero attached hydrogens (tertiary/aromatic N) is 2. The number of allylic oxidation sites excluding steroid dienone is 5. The molecular weight excluding hydrogens is 472 g/mol. The molecule has 0 atom stereocenters. The lowest BCUT2D eigenvalue weighted by molar-refractivity contribution is 1.18. The number of hydrogen-bond acceptors (Lipinski definition) is 0. The molecule has 7 aromatic rings. The molecule has 0 radical (unpaired) electrons. The van der Waals surface area contributed by atoms with Crippen molar-refractivity contribution >= 4 is 54.9 Å². The molecule has 0 saturated carbocycles. The second-order valence-corrected chi connectivity index (χ2v) is 9.86. The summed E-state index contributed by atoms with van der Waals surface area (Å²) in [6.45, 7) is 6.49. The highest BCUT2D eigenvalue weighted by molar-refractivity contribution is 6.11. The third-order valence-electron chi connectivity index (χ3n) is 7.67. The van der Waals surface area contributed by atoms with Crippen LogP contribution in [-0.2, 0) is 0 Å². The van der Waals surface area contributed by atoms with Crippen molar-refractivity contribution in [3.8, 4) is 5.69 Å². The van der Waals surface area contributed by atoms with Crippen LogP contribution in [0.1, 0.15) is 12.5 Å². The molecule has 2 heteroatoms. The molecule has 2 nitrogen and oxygen atoms in total. The average molecular weight is 501 g/mol. The Hall–Kier alpha value is -5.08. The molecule has 0 unspecified atom stereocenters. The molecule has 39 heavy (non-hydrogen) atoms. The van der Waals surface area contributed by atoms with Gasteiger partial charge in [-0.15, -0.1) is 0 Å². The van der Waals surface area contributed by atoms with Gasteiger partial charge in [-0.2, -0.15) is 0 Å². The maximum Gasteiger partial charge on any atom is 0.0541 e. The first kappa shape index (κ1) is 23.1. The minimum absolute atomic E-state index is 0.976. The lowest BCUT2D eigenvalue weighted by Crippen LogP contribution is -1.95. The van der Waals surface area contributed by atoms with Crippen molar-refractivity contribution in [3.63, 3.8) is 0 Å². The quantitative estimate of drug-likeness (QED) is 0.208. The van der Waals surface area contributed by atoms with E-state index in [1.807, 2.05) is 0 Å². The average Bonchev–Trinajstić information content (AvgIpc) is 3.51. The zero-order valence-electron chi connectivity index (χ0n) is 21.9. The van der Waals surface area contributed by atoms with E-state index in [1.165, 1.54) is 43.6 Å². The zero-order chi connectivity index (χ0) is 26.3. The van der Waals surface area contributed by atoms with Crippen LogP contribution in [0.3, 0.4) is 0 Å². The van der Waals surface area contributed by atoms with Crippen LogP contribution >= 0.6 is 0 Å². The lowest BCUT2D eigenvalue weighted by Gasteiger charge is -2.10. The van der Waals surface area contributed by atoms with Crippen molar-refractivity contribution in [2.75, 3.05) is 0 Å². The Morgan fingerprint density at radius 3 is 1.46 bits per heavy atom. The van der Waals surface area contributed by atoms with E-state index in [0.29, 0.717) is 0 Å². The van der Waals surface area contributed by atoms with Crippen LogP contribution in [0.2, 0.25) is 0 Å². The highest BCUT2D eigenvalue weighted by atomic mass is 15.0. The molecule has 0 aliphatic rings. The topological polar surface area (TPSA) is 9.86 Å². The van der Waals surface area contributed by atoms with Crippen molar-refractivity contribution in [1.82, 2.24) is 9.13 Å². The van der Waals surface area contributed by atoms with Gasteiger partial charge < -0.3 is 9.13 Å². The van der Waals surface area contributed by atoms with Gasteiger partial charge in [0.2, 0.25) is 0 Å². The fourth-order valence-corrected chi connectivity index (χ4v) is 5.81. The van der Waals surface area contributed by atoms with Gasteiger partial charge in [-0.05, 0) is 60.5 Å². The maximum absolute atomic E-state index is 4.40. The molecule has 0 saturated heterocycles. The fourth-order valence-electron chi connectivity index (χ4n) is 5.81. The van der Waals surface area contributed by atoms with Gasteiger partial charge in [0, 0.05) is 32.9 Å². The number of aromatic nitrogens is 2. The van der Waals surface area contributed by atoms with Crippen LogP contribution in [0, 0.1) is 0 Å². The second kappa shape index (κ2) is 9.34. The van der Waals surface area contributed by atoms with Crippen molar-refractivity contribution in [3.05, 3.63) is 152 Å². The number of rotatable bonds is 5. The van der Waals surface area contributed by atoms with E-state index in [0.717, 1.165) is 22.5 Å². The largest absolute Gasteiger partial charge is 0.310 e. The highest BCUT2D eigenvalue weighted by Crippen LogP contribution is 2.33. The van der Waals surface area contributed by atoms with E-state index in [1.54, 1.807) is 0 Å². The predicted octanol–water partition coefficient (Wildman–Crippen LogP) is 10.0. The monoisotopic (exact) mass is 500 g/mol. The van der Waals surface area contributed by atoms with Crippen LogP contribution in [0.15, 0.2) is 146 Å². The van der Waals surface area contributed by atoms with Gasteiger partial charge in [0.15, 0.2) is 0 Å². The standard InChI is InChI=1S/C37H28N2/c1-3-28(38-34-16-8-4-12-30(34)31-13-5-9-17-35(31)38)23-20-26(2)27-21-24-29(25-22-27)39-36-18-10-6-14-32(36)33-15-7-11-19-37(33)39/h3-25H,2H2,1H3. The Balaban J connectivity index is 1.23. The predicted molar refractivity (Wildman–Crippen MR) is 168 cm³/mol. The summed E-state index contributed by atoms with van der Waals surface area (Å²) in [7, 11) is 0. The molecule has 7 rings (SSSR count). The number of fused-ring (bicyclic) bond motifs is 6. The van der Waals surface area contributed by atoms with Gasteiger partial charge in [-0.25, -0.2) is 0 Å². The molecule has 2 heterocycles. The van der Waals surface area contributed by atoms with Crippen molar-refractivity contribution in [1.29, 1.82) is 0 Å². The molecule has 0 amide bonds. The van der Waals surface area contributed by atoms with Crippen LogP contribution in [0.4, 0.5) is 0 Å². The molecular formula is C37H28N2. The highest BCUT2D eigenvalue weighted by Gasteiger charge is 2.13. The molecule has 0 N–H and O–H groups in total. The Kier molecular flexibility index (Phi) is 5.53. The summed E-state index contributed by atoms with van der Waals surface area (Å²) < 4.78 is 4.67. The van der Waals surface area contributed by atoms with E-state index in [2.05, 4.69) is 162 Å². The third kappa shape index (κ3) is 3.72. The fraction of sp³-hybridized carbons (Fsp3) is 0.0270. The SMILES string of the molecule is C=C(C=CC(=CC)n1c2ccccc2c2ccccc21)c1ccc(-n2c3ccccc3c3ccccc32)cc1. The van der Waals surface area contributed by atoms with E-state index < -0.39 is 0 Å². The molecule has 0 aliphatic carbocycles. The van der Waals surface area contributed by atoms with E-state index in [9.17, 15) is 0 Å². The normalized spacial score (nSPS) is 12.4. The first-order valence-electron chi connectivity index (χ1n) is 13.4. The lowest BCUT2D eigenvalue weighted by atomic mass is 10.1. The number of para-hydroxylation sites is 4. The zero-order valence-corrected chi connectivity index (χ0v) is 21.9. The minimum Gasteiger partial charge on any atom is -0.310 e. The minimum atomic E-state index is 0.976. The molecule has 2 aromatic heterocycles. The van der Waals surface area contributed by atoms with E-state index >= 15 is 0 Å². The molecule has 0 bridgehead atoms. The summed E-state index contributed by atoms with van der Waals surface area (Å²) in [6.07, 6.45) is 6.45. The summed E-state index contributed by atoms with van der Waals surface area (Å²) >= 11 is 0. The number of hydrogen-bond donors (Lipinski definition) is 0. The van der Waals surface area contributed by atoms with Crippen molar-refractivity contribution < 1.29 is 0 Å². The van der Waals surface area contributed by atoms with Crippen LogP contribution in [0.25, 0.3) is 60.6 Å². The van der Waals surface area contributed by atoms with Crippen LogP contribution in [-0.4, -0.2) is 9.13 Å². The van der Waals surface area contributed by atoms with E-state index in [-0.39, 0.29) is 0 Å². The van der Waals surface area contributed by atoms with Crippen LogP contribution < -0.4 is 0 Å². The summed E-state index contributed by atoms with van der Waals surface area (Å²) in [6, 6.07) is 43.1. The maximum atomic E-state index is 4.40. The Morgan fingerprint density at radius 1 is 0.538 bits per heavy atom. The smallest absolute Gasteiger partial charge is 0.0541 e. The van der Waals surface area contributed by atoms with Crippen molar-refractivity contribution in [2.24, 2.45) is 0 Å². The Labute approximate surface area is 228 Å². The van der Waals surface area contributed by atoms with Gasteiger partial charge in [0.1, 0.15) is 0 Å². The van der Waals surface area contributed by atoms with Crippen molar-refractivity contribution in [2.45, 2.75) is 6.92 Å². The molecule has 0 aliphatic heterocycles. The summed E-state index contributed by atoms with van der Waals surface area (Å²) in [5, 5.41) is 5.07.